The van der Waals surface area contributed by atoms with Gasteiger partial charge in [-0.3, -0.25) is 0 Å². The summed E-state index contributed by atoms with van der Waals surface area (Å²) < 4.78 is 39.5. The SMILES string of the molecule is COc1ccc(-c2csc(N3CCN(S(=O)(=O)c4c(C)c(C)cc(C)c4C)CC3)n2)c(OC)c1. The number of benzene rings is 2. The number of sulfonamides is 1. The van der Waals surface area contributed by atoms with Crippen molar-refractivity contribution in [1.82, 2.24) is 9.29 Å². The second-order valence-electron chi connectivity index (χ2n) is 8.56. The third-order valence-electron chi connectivity index (χ3n) is 6.58. The normalized spacial score (nSPS) is 14.9. The van der Waals surface area contributed by atoms with Gasteiger partial charge in [0.05, 0.1) is 24.8 Å². The first-order valence-electron chi connectivity index (χ1n) is 11.2. The minimum atomic E-state index is -3.57. The van der Waals surface area contributed by atoms with Gasteiger partial charge in [0.2, 0.25) is 10.0 Å². The Morgan fingerprint density at radius 3 is 2.15 bits per heavy atom. The zero-order valence-electron chi connectivity index (χ0n) is 20.5. The predicted molar refractivity (Wildman–Crippen MR) is 137 cm³/mol. The van der Waals surface area contributed by atoms with E-state index in [0.29, 0.717) is 36.8 Å². The molecule has 0 spiro atoms. The number of methoxy groups -OCH3 is 2. The minimum Gasteiger partial charge on any atom is -0.497 e. The smallest absolute Gasteiger partial charge is 0.243 e. The number of thiazole rings is 1. The van der Waals surface area contributed by atoms with Crippen LogP contribution in [0.15, 0.2) is 34.5 Å². The molecule has 2 heterocycles. The number of ether oxygens (including phenoxy) is 2. The number of nitrogens with zero attached hydrogens (tertiary/aromatic N) is 3. The van der Waals surface area contributed by atoms with E-state index >= 15 is 0 Å². The molecule has 0 saturated carbocycles. The van der Waals surface area contributed by atoms with E-state index in [0.717, 1.165) is 44.4 Å². The Kier molecular flexibility index (Phi) is 6.89. The quantitative estimate of drug-likeness (QED) is 0.493. The highest BCUT2D eigenvalue weighted by atomic mass is 32.2. The van der Waals surface area contributed by atoms with E-state index in [1.807, 2.05) is 51.3 Å². The predicted octanol–water partition coefficient (Wildman–Crippen LogP) is 4.57. The Balaban J connectivity index is 1.52. The monoisotopic (exact) mass is 501 g/mol. The Morgan fingerprint density at radius 2 is 1.56 bits per heavy atom. The molecular weight excluding hydrogens is 470 g/mol. The van der Waals surface area contributed by atoms with Crippen LogP contribution in [0.5, 0.6) is 11.5 Å². The van der Waals surface area contributed by atoms with Crippen molar-refractivity contribution < 1.29 is 17.9 Å². The van der Waals surface area contributed by atoms with Gasteiger partial charge >= 0.3 is 0 Å². The first kappa shape index (κ1) is 24.5. The zero-order chi connectivity index (χ0) is 24.6. The molecule has 1 aromatic heterocycles. The van der Waals surface area contributed by atoms with Crippen molar-refractivity contribution in [1.29, 1.82) is 0 Å². The zero-order valence-corrected chi connectivity index (χ0v) is 22.1. The Morgan fingerprint density at radius 1 is 0.912 bits per heavy atom. The molecule has 1 aliphatic rings. The van der Waals surface area contributed by atoms with Crippen LogP contribution in [0.25, 0.3) is 11.3 Å². The molecule has 0 radical (unpaired) electrons. The summed E-state index contributed by atoms with van der Waals surface area (Å²) in [5, 5.41) is 2.88. The van der Waals surface area contributed by atoms with Crippen LogP contribution < -0.4 is 14.4 Å². The van der Waals surface area contributed by atoms with Gasteiger partial charge in [0.15, 0.2) is 5.13 Å². The molecule has 9 heteroatoms. The maximum absolute atomic E-state index is 13.6. The van der Waals surface area contributed by atoms with Crippen LogP contribution in [0.4, 0.5) is 5.13 Å². The Hall–Kier alpha value is -2.62. The maximum Gasteiger partial charge on any atom is 0.243 e. The van der Waals surface area contributed by atoms with Crippen molar-refractivity contribution in [2.24, 2.45) is 0 Å². The van der Waals surface area contributed by atoms with Crippen LogP contribution in [0.2, 0.25) is 0 Å². The summed E-state index contributed by atoms with van der Waals surface area (Å²) in [6.45, 7) is 9.77. The minimum absolute atomic E-state index is 0.426. The van der Waals surface area contributed by atoms with Gasteiger partial charge < -0.3 is 14.4 Å². The van der Waals surface area contributed by atoms with Gasteiger partial charge in [-0.2, -0.15) is 4.31 Å². The van der Waals surface area contributed by atoms with Crippen molar-refractivity contribution in [2.45, 2.75) is 32.6 Å². The fourth-order valence-electron chi connectivity index (χ4n) is 4.36. The number of aromatic nitrogens is 1. The first-order valence-corrected chi connectivity index (χ1v) is 13.5. The second kappa shape index (κ2) is 9.56. The molecule has 182 valence electrons. The van der Waals surface area contributed by atoms with Gasteiger partial charge in [-0.25, -0.2) is 13.4 Å². The molecule has 0 bridgehead atoms. The fraction of sp³-hybridized carbons (Fsp3) is 0.400. The molecule has 4 rings (SSSR count). The van der Waals surface area contributed by atoms with Gasteiger partial charge in [-0.15, -0.1) is 11.3 Å². The number of rotatable bonds is 6. The van der Waals surface area contributed by atoms with Crippen molar-refractivity contribution in [3.8, 4) is 22.8 Å². The molecule has 1 aliphatic heterocycles. The van der Waals surface area contributed by atoms with Crippen LogP contribution in [-0.2, 0) is 10.0 Å². The van der Waals surface area contributed by atoms with Crippen molar-refractivity contribution in [2.75, 3.05) is 45.3 Å². The number of hydrogen-bond donors (Lipinski definition) is 0. The molecule has 7 nitrogen and oxygen atoms in total. The summed E-state index contributed by atoms with van der Waals surface area (Å²) in [6, 6.07) is 7.72. The van der Waals surface area contributed by atoms with E-state index in [-0.39, 0.29) is 0 Å². The van der Waals surface area contributed by atoms with Crippen LogP contribution in [-0.4, -0.2) is 58.1 Å². The number of piperazine rings is 1. The second-order valence-corrected chi connectivity index (χ2v) is 11.3. The van der Waals surface area contributed by atoms with Gasteiger partial charge in [0, 0.05) is 43.2 Å². The lowest BCUT2D eigenvalue weighted by molar-refractivity contribution is 0.384. The molecular formula is C25H31N3O4S2. The van der Waals surface area contributed by atoms with Crippen molar-refractivity contribution in [3.63, 3.8) is 0 Å². The lowest BCUT2D eigenvalue weighted by atomic mass is 10.0. The van der Waals surface area contributed by atoms with Crippen molar-refractivity contribution in [3.05, 3.63) is 51.9 Å². The van der Waals surface area contributed by atoms with E-state index < -0.39 is 10.0 Å². The van der Waals surface area contributed by atoms with E-state index in [9.17, 15) is 8.42 Å². The molecule has 1 saturated heterocycles. The molecule has 0 N–H and O–H groups in total. The summed E-state index contributed by atoms with van der Waals surface area (Å²) in [7, 11) is -0.314. The fourth-order valence-corrected chi connectivity index (χ4v) is 7.24. The average molecular weight is 502 g/mol. The van der Waals surface area contributed by atoms with Gasteiger partial charge in [0.1, 0.15) is 11.5 Å². The van der Waals surface area contributed by atoms with E-state index in [1.54, 1.807) is 29.9 Å². The maximum atomic E-state index is 13.6. The summed E-state index contributed by atoms with van der Waals surface area (Å²) in [5.41, 5.74) is 5.41. The molecule has 3 aromatic rings. The summed E-state index contributed by atoms with van der Waals surface area (Å²) >= 11 is 1.55. The number of hydrogen-bond acceptors (Lipinski definition) is 7. The van der Waals surface area contributed by atoms with Gasteiger partial charge in [-0.1, -0.05) is 6.07 Å². The van der Waals surface area contributed by atoms with Crippen LogP contribution in [0.1, 0.15) is 22.3 Å². The topological polar surface area (TPSA) is 72.0 Å². The molecule has 0 atom stereocenters. The highest BCUT2D eigenvalue weighted by Crippen LogP contribution is 2.36. The van der Waals surface area contributed by atoms with Crippen LogP contribution >= 0.6 is 11.3 Å². The number of anilines is 1. The third-order valence-corrected chi connectivity index (χ3v) is 9.66. The average Bonchev–Trinajstić information content (AvgIpc) is 3.32. The molecule has 2 aromatic carbocycles. The van der Waals surface area contributed by atoms with Crippen LogP contribution in [0, 0.1) is 27.7 Å². The molecule has 34 heavy (non-hydrogen) atoms. The summed E-state index contributed by atoms with van der Waals surface area (Å²) in [5.74, 6) is 1.42. The Labute approximate surface area is 206 Å². The summed E-state index contributed by atoms with van der Waals surface area (Å²) in [4.78, 5) is 7.43. The highest BCUT2D eigenvalue weighted by Gasteiger charge is 2.32. The molecule has 0 unspecified atom stereocenters. The molecule has 1 fully saturated rings. The lowest BCUT2D eigenvalue weighted by Gasteiger charge is -2.34. The first-order chi connectivity index (χ1) is 16.2. The highest BCUT2D eigenvalue weighted by molar-refractivity contribution is 7.89. The van der Waals surface area contributed by atoms with Crippen molar-refractivity contribution >= 4 is 26.5 Å². The molecule has 0 amide bonds. The van der Waals surface area contributed by atoms with E-state index in [1.165, 1.54) is 0 Å². The van der Waals surface area contributed by atoms with Gasteiger partial charge in [-0.05, 0) is 62.1 Å². The number of aryl methyl sites for hydroxylation is 2. The largest absolute Gasteiger partial charge is 0.497 e. The Bertz CT molecular complexity index is 1280. The third kappa shape index (κ3) is 4.39. The van der Waals surface area contributed by atoms with E-state index in [4.69, 9.17) is 14.5 Å². The lowest BCUT2D eigenvalue weighted by Crippen LogP contribution is -2.49. The molecule has 0 aliphatic carbocycles. The van der Waals surface area contributed by atoms with Crippen LogP contribution in [0.3, 0.4) is 0 Å². The van der Waals surface area contributed by atoms with E-state index in [2.05, 4.69) is 11.0 Å². The van der Waals surface area contributed by atoms with Gasteiger partial charge in [0.25, 0.3) is 0 Å². The summed E-state index contributed by atoms with van der Waals surface area (Å²) in [6.07, 6.45) is 0. The standard InChI is InChI=1S/C25H31N3O4S2/c1-16-13-17(2)19(4)24(18(16)3)34(29,30)28-11-9-27(10-12-28)25-26-22(15-33-25)21-8-7-20(31-5)14-23(21)32-6/h7-8,13-15H,9-12H2,1-6H3.